The number of H-pyrrole nitrogens is 1. The fraction of sp³-hybridized carbons (Fsp3) is 0.267. The van der Waals surface area contributed by atoms with Gasteiger partial charge in [-0.1, -0.05) is 11.8 Å². The van der Waals surface area contributed by atoms with Crippen molar-refractivity contribution in [3.8, 4) is 0 Å². The SMILES string of the molecule is O=CNc1nc(CC(=O)N[C@@H]2C(=O)N3C(C(=O)O)=C(Sc4cn[nH]n4)CS[C@@H]23)cs1. The number of nitrogens with one attached hydrogen (secondary N) is 3. The first-order valence-electron chi connectivity index (χ1n) is 8.36. The number of carboxylic acid groups (broad SMARTS) is 1. The number of carboxylic acids is 1. The van der Waals surface area contributed by atoms with Gasteiger partial charge in [0.25, 0.3) is 5.91 Å². The predicted molar refractivity (Wildman–Crippen MR) is 107 cm³/mol. The average Bonchev–Trinajstić information content (AvgIpc) is 3.38. The molecular formula is C15H13N7O5S3. The molecule has 0 radical (unpaired) electrons. The summed E-state index contributed by atoms with van der Waals surface area (Å²) in [7, 11) is 0. The molecular weight excluding hydrogens is 454 g/mol. The number of amides is 3. The minimum atomic E-state index is -1.22. The molecule has 156 valence electrons. The molecule has 0 bridgehead atoms. The second kappa shape index (κ2) is 8.45. The van der Waals surface area contributed by atoms with Crippen LogP contribution in [0.15, 0.2) is 27.2 Å². The minimum absolute atomic E-state index is 0.0624. The molecule has 2 aromatic heterocycles. The Morgan fingerprint density at radius 2 is 2.30 bits per heavy atom. The van der Waals surface area contributed by atoms with Crippen LogP contribution in [0.5, 0.6) is 0 Å². The van der Waals surface area contributed by atoms with Crippen LogP contribution in [0.25, 0.3) is 0 Å². The van der Waals surface area contributed by atoms with Crippen molar-refractivity contribution in [1.82, 2.24) is 30.6 Å². The summed E-state index contributed by atoms with van der Waals surface area (Å²) in [6.07, 6.45) is 1.89. The summed E-state index contributed by atoms with van der Waals surface area (Å²) in [5.74, 6) is -1.77. The first-order chi connectivity index (χ1) is 14.5. The number of hydrogen-bond donors (Lipinski definition) is 4. The molecule has 15 heteroatoms. The van der Waals surface area contributed by atoms with Crippen LogP contribution in [0.4, 0.5) is 5.13 Å². The van der Waals surface area contributed by atoms with E-state index in [0.29, 0.717) is 32.9 Å². The zero-order chi connectivity index (χ0) is 21.3. The summed E-state index contributed by atoms with van der Waals surface area (Å²) in [5, 5.41) is 26.7. The van der Waals surface area contributed by atoms with Gasteiger partial charge in [0.15, 0.2) is 5.13 Å². The van der Waals surface area contributed by atoms with Crippen molar-refractivity contribution in [2.24, 2.45) is 0 Å². The molecule has 2 aliphatic rings. The summed E-state index contributed by atoms with van der Waals surface area (Å²) in [6, 6.07) is -0.818. The Hall–Kier alpha value is -2.91. The lowest BCUT2D eigenvalue weighted by molar-refractivity contribution is -0.150. The van der Waals surface area contributed by atoms with Crippen molar-refractivity contribution in [2.75, 3.05) is 11.1 Å². The van der Waals surface area contributed by atoms with Gasteiger partial charge in [0.1, 0.15) is 22.1 Å². The first-order valence-corrected chi connectivity index (χ1v) is 11.1. The number of thiazole rings is 1. The number of anilines is 1. The smallest absolute Gasteiger partial charge is 0.353 e. The van der Waals surface area contributed by atoms with Gasteiger partial charge in [0.2, 0.25) is 12.3 Å². The van der Waals surface area contributed by atoms with Crippen LogP contribution < -0.4 is 10.6 Å². The molecule has 2 aliphatic heterocycles. The summed E-state index contributed by atoms with van der Waals surface area (Å²) >= 11 is 3.67. The van der Waals surface area contributed by atoms with E-state index in [1.165, 1.54) is 34.2 Å². The van der Waals surface area contributed by atoms with Gasteiger partial charge >= 0.3 is 5.97 Å². The first kappa shape index (κ1) is 20.4. The lowest BCUT2D eigenvalue weighted by Crippen LogP contribution is -2.70. The fourth-order valence-corrected chi connectivity index (χ4v) is 5.96. The van der Waals surface area contributed by atoms with Crippen LogP contribution in [0, 0.1) is 0 Å². The van der Waals surface area contributed by atoms with Crippen LogP contribution in [-0.2, 0) is 25.6 Å². The molecule has 0 aromatic carbocycles. The highest BCUT2D eigenvalue weighted by Gasteiger charge is 2.54. The third-order valence-electron chi connectivity index (χ3n) is 4.15. The maximum Gasteiger partial charge on any atom is 0.353 e. The van der Waals surface area contributed by atoms with Gasteiger partial charge in [-0.3, -0.25) is 19.3 Å². The van der Waals surface area contributed by atoms with E-state index >= 15 is 0 Å². The molecule has 0 spiro atoms. The zero-order valence-electron chi connectivity index (χ0n) is 14.9. The minimum Gasteiger partial charge on any atom is -0.477 e. The number of nitrogens with zero attached hydrogens (tertiary/aromatic N) is 4. The van der Waals surface area contributed by atoms with Gasteiger partial charge < -0.3 is 15.7 Å². The van der Waals surface area contributed by atoms with Crippen LogP contribution in [0.3, 0.4) is 0 Å². The highest BCUT2D eigenvalue weighted by Crippen LogP contribution is 2.44. The molecule has 0 aliphatic carbocycles. The van der Waals surface area contributed by atoms with Crippen molar-refractivity contribution >= 4 is 64.2 Å². The molecule has 1 fully saturated rings. The molecule has 4 rings (SSSR count). The highest BCUT2D eigenvalue weighted by molar-refractivity contribution is 8.06. The Kier molecular flexibility index (Phi) is 5.74. The normalized spacial score (nSPS) is 20.4. The Bertz CT molecular complexity index is 1040. The molecule has 0 unspecified atom stereocenters. The number of β-lactam (4-membered cyclic amide) rings is 1. The number of hydrogen-bond acceptors (Lipinski definition) is 10. The van der Waals surface area contributed by atoms with Gasteiger partial charge in [-0.05, 0) is 0 Å². The molecule has 2 atom stereocenters. The number of carbonyl (C=O) groups excluding carboxylic acids is 3. The molecule has 2 aromatic rings. The Balaban J connectivity index is 1.43. The number of thioether (sulfide) groups is 2. The zero-order valence-corrected chi connectivity index (χ0v) is 17.3. The Morgan fingerprint density at radius 3 is 3.00 bits per heavy atom. The fourth-order valence-electron chi connectivity index (χ4n) is 2.93. The predicted octanol–water partition coefficient (Wildman–Crippen LogP) is -0.140. The lowest BCUT2D eigenvalue weighted by Gasteiger charge is -2.49. The van der Waals surface area contributed by atoms with Crippen LogP contribution >= 0.6 is 34.9 Å². The van der Waals surface area contributed by atoms with E-state index in [1.54, 1.807) is 5.38 Å². The van der Waals surface area contributed by atoms with Gasteiger partial charge in [-0.25, -0.2) is 9.78 Å². The molecule has 3 amide bonds. The van der Waals surface area contributed by atoms with Crippen molar-refractivity contribution in [1.29, 1.82) is 0 Å². The highest BCUT2D eigenvalue weighted by atomic mass is 32.2. The number of rotatable bonds is 8. The third kappa shape index (κ3) is 3.90. The van der Waals surface area contributed by atoms with Crippen molar-refractivity contribution in [3.63, 3.8) is 0 Å². The van der Waals surface area contributed by atoms with E-state index in [-0.39, 0.29) is 12.1 Å². The average molecular weight is 468 g/mol. The van der Waals surface area contributed by atoms with Gasteiger partial charge in [-0.2, -0.15) is 10.3 Å². The Morgan fingerprint density at radius 1 is 1.47 bits per heavy atom. The van der Waals surface area contributed by atoms with Gasteiger partial charge in [-0.15, -0.1) is 28.2 Å². The Labute approximate surface area is 180 Å². The van der Waals surface area contributed by atoms with E-state index in [9.17, 15) is 24.3 Å². The molecule has 30 heavy (non-hydrogen) atoms. The van der Waals surface area contributed by atoms with Gasteiger partial charge in [0, 0.05) is 16.0 Å². The van der Waals surface area contributed by atoms with Crippen molar-refractivity contribution < 1.29 is 24.3 Å². The molecule has 4 N–H and O–H groups in total. The number of fused-ring (bicyclic) bond motifs is 1. The molecule has 1 saturated heterocycles. The van der Waals surface area contributed by atoms with E-state index in [1.807, 2.05) is 0 Å². The second-order valence-corrected chi connectivity index (χ2v) is 9.10. The molecule has 4 heterocycles. The lowest BCUT2D eigenvalue weighted by atomic mass is 10.0. The van der Waals surface area contributed by atoms with Crippen molar-refractivity contribution in [3.05, 3.63) is 27.9 Å². The summed E-state index contributed by atoms with van der Waals surface area (Å²) in [6.45, 7) is 0. The topological polar surface area (TPSA) is 170 Å². The van der Waals surface area contributed by atoms with Crippen molar-refractivity contribution in [2.45, 2.75) is 22.9 Å². The van der Waals surface area contributed by atoms with E-state index in [0.717, 1.165) is 11.8 Å². The van der Waals surface area contributed by atoms with Crippen LogP contribution in [0.2, 0.25) is 0 Å². The maximum atomic E-state index is 12.6. The van der Waals surface area contributed by atoms with Gasteiger partial charge in [0.05, 0.1) is 18.3 Å². The molecule has 0 saturated carbocycles. The standard InChI is InChI=1S/C15H13N7O5S3/c23-5-16-15-18-6(3-29-15)1-8(24)19-10-12(25)22-11(14(26)27)7(4-28-13(10)22)30-9-2-17-21-20-9/h2-3,5,10,13H,1,4H2,(H,19,24)(H,26,27)(H,16,18,23)(H,17,20,21)/t10-,13+/m1/s1. The number of carbonyl (C=O) groups is 4. The third-order valence-corrected chi connectivity index (χ3v) is 7.42. The largest absolute Gasteiger partial charge is 0.477 e. The van der Waals surface area contributed by atoms with Crippen LogP contribution in [-0.4, -0.2) is 71.8 Å². The molecule has 12 nitrogen and oxygen atoms in total. The number of aromatic amines is 1. The van der Waals surface area contributed by atoms with E-state index in [2.05, 4.69) is 31.0 Å². The second-order valence-electron chi connectivity index (χ2n) is 6.03. The maximum absolute atomic E-state index is 12.6. The van der Waals surface area contributed by atoms with Crippen LogP contribution in [0.1, 0.15) is 5.69 Å². The van der Waals surface area contributed by atoms with E-state index in [4.69, 9.17) is 0 Å². The summed E-state index contributed by atoms with van der Waals surface area (Å²) in [4.78, 5) is 53.0. The number of aromatic nitrogens is 4. The summed E-state index contributed by atoms with van der Waals surface area (Å²) in [5.41, 5.74) is 0.352. The quantitative estimate of drug-likeness (QED) is 0.303. The summed E-state index contributed by atoms with van der Waals surface area (Å²) < 4.78 is 0. The monoisotopic (exact) mass is 467 g/mol. The van der Waals surface area contributed by atoms with E-state index < -0.39 is 29.2 Å². The number of aliphatic carboxylic acids is 1.